The first-order chi connectivity index (χ1) is 21.3. The van der Waals surface area contributed by atoms with Crippen molar-refractivity contribution in [3.05, 3.63) is 58.0 Å². The molecule has 0 unspecified atom stereocenters. The van der Waals surface area contributed by atoms with Crippen molar-refractivity contribution in [2.45, 2.75) is 68.6 Å². The number of halogens is 4. The second-order valence-corrected chi connectivity index (χ2v) is 12.6. The number of hydrogen-bond donors (Lipinski definition) is 0. The van der Waals surface area contributed by atoms with Crippen LogP contribution in [0.15, 0.2) is 30.6 Å². The molecular formula is C32H36ClF3N6O2. The number of ether oxygens (including phenoxy) is 1. The van der Waals surface area contributed by atoms with E-state index in [1.54, 1.807) is 0 Å². The molecule has 1 spiro atoms. The van der Waals surface area contributed by atoms with Crippen molar-refractivity contribution < 1.29 is 22.7 Å². The van der Waals surface area contributed by atoms with E-state index < -0.39 is 36.0 Å². The summed E-state index contributed by atoms with van der Waals surface area (Å²) in [6, 6.07) is 7.21. The lowest BCUT2D eigenvalue weighted by Crippen LogP contribution is -2.55. The van der Waals surface area contributed by atoms with Crippen LogP contribution in [-0.2, 0) is 23.1 Å². The number of rotatable bonds is 8. The van der Waals surface area contributed by atoms with E-state index in [1.807, 2.05) is 28.0 Å². The molecule has 2 aliphatic heterocycles. The van der Waals surface area contributed by atoms with Crippen LogP contribution in [0.25, 0.3) is 0 Å². The minimum absolute atomic E-state index is 0.00793. The highest BCUT2D eigenvalue weighted by atomic mass is 35.5. The molecule has 0 radical (unpaired) electrons. The summed E-state index contributed by atoms with van der Waals surface area (Å²) in [6.07, 6.45) is 2.72. The molecule has 2 fully saturated rings. The SMILES string of the molecule is C=C(F)C(=O)N1CCN(c2nc(OC[C@@H]3CCCN3CCF)nc3c2CC[C@@]2(CCc4c(Cl)cccc42)[C@H]3F)C[C@@H]1CC#N. The van der Waals surface area contributed by atoms with E-state index in [9.17, 15) is 18.8 Å². The van der Waals surface area contributed by atoms with E-state index in [1.165, 1.54) is 4.90 Å². The van der Waals surface area contributed by atoms with E-state index in [0.29, 0.717) is 55.2 Å². The molecule has 44 heavy (non-hydrogen) atoms. The number of aromatic nitrogens is 2. The van der Waals surface area contributed by atoms with Gasteiger partial charge in [-0.3, -0.25) is 9.69 Å². The summed E-state index contributed by atoms with van der Waals surface area (Å²) in [5, 5.41) is 10.1. The molecule has 0 N–H and O–H groups in total. The van der Waals surface area contributed by atoms with E-state index in [2.05, 4.69) is 17.6 Å². The molecule has 1 amide bonds. The number of anilines is 1. The Bertz CT molecular complexity index is 1490. The van der Waals surface area contributed by atoms with Crippen LogP contribution in [0.1, 0.15) is 60.7 Å². The Labute approximate surface area is 260 Å². The Morgan fingerprint density at radius 1 is 1.18 bits per heavy atom. The Balaban J connectivity index is 1.36. The largest absolute Gasteiger partial charge is 0.462 e. The summed E-state index contributed by atoms with van der Waals surface area (Å²) < 4.78 is 50.1. The molecular weight excluding hydrogens is 593 g/mol. The smallest absolute Gasteiger partial charge is 0.318 e. The molecule has 3 heterocycles. The minimum Gasteiger partial charge on any atom is -0.462 e. The summed E-state index contributed by atoms with van der Waals surface area (Å²) in [5.41, 5.74) is 2.09. The van der Waals surface area contributed by atoms with Crippen LogP contribution in [0.3, 0.4) is 0 Å². The van der Waals surface area contributed by atoms with Crippen molar-refractivity contribution in [2.24, 2.45) is 0 Å². The predicted octanol–water partition coefficient (Wildman–Crippen LogP) is 5.20. The number of nitriles is 1. The average molecular weight is 629 g/mol. The highest BCUT2D eigenvalue weighted by molar-refractivity contribution is 6.31. The van der Waals surface area contributed by atoms with Gasteiger partial charge in [-0.2, -0.15) is 15.2 Å². The third-order valence-corrected chi connectivity index (χ3v) is 10.3. The van der Waals surface area contributed by atoms with E-state index in [0.717, 1.165) is 30.5 Å². The maximum Gasteiger partial charge on any atom is 0.318 e. The number of nitrogens with zero attached hydrogens (tertiary/aromatic N) is 6. The molecule has 0 saturated carbocycles. The third-order valence-electron chi connectivity index (χ3n) is 9.90. The van der Waals surface area contributed by atoms with Gasteiger partial charge >= 0.3 is 6.01 Å². The van der Waals surface area contributed by atoms with Gasteiger partial charge in [0.25, 0.3) is 5.91 Å². The number of carbonyl (C=O) groups excluding carboxylic acids is 1. The lowest BCUT2D eigenvalue weighted by atomic mass is 9.68. The maximum atomic E-state index is 17.0. The standard InChI is InChI=1S/C32H36ClF3N6O2/c1-20(35)30(43)42-17-16-41(18-21(42)9-13-37)29-24-8-11-32(10-7-23-25(32)5-2-6-26(23)33)28(36)27(24)38-31(39-29)44-19-22-4-3-14-40(22)15-12-34/h2,5-6,21-22,28H,1,3-4,7-12,14-19H2/t21-,22-,28-,32+/m0/s1. The minimum atomic E-state index is -1.43. The van der Waals surface area contributed by atoms with Gasteiger partial charge in [0, 0.05) is 48.2 Å². The van der Waals surface area contributed by atoms with Crippen molar-refractivity contribution in [2.75, 3.05) is 50.9 Å². The fourth-order valence-corrected chi connectivity index (χ4v) is 7.94. The molecule has 2 aliphatic carbocycles. The average Bonchev–Trinajstić information content (AvgIpc) is 3.63. The lowest BCUT2D eigenvalue weighted by molar-refractivity contribution is -0.131. The van der Waals surface area contributed by atoms with Crippen LogP contribution in [0, 0.1) is 11.3 Å². The lowest BCUT2D eigenvalue weighted by Gasteiger charge is -2.43. The number of likely N-dealkylation sites (tertiary alicyclic amines) is 1. The summed E-state index contributed by atoms with van der Waals surface area (Å²) >= 11 is 6.52. The van der Waals surface area contributed by atoms with Crippen molar-refractivity contribution >= 4 is 23.3 Å². The number of alkyl halides is 2. The van der Waals surface area contributed by atoms with Gasteiger partial charge in [0.15, 0.2) is 12.0 Å². The first-order valence-electron chi connectivity index (χ1n) is 15.3. The maximum absolute atomic E-state index is 17.0. The highest BCUT2D eigenvalue weighted by Crippen LogP contribution is 2.56. The predicted molar refractivity (Wildman–Crippen MR) is 160 cm³/mol. The van der Waals surface area contributed by atoms with Gasteiger partial charge in [0.2, 0.25) is 0 Å². The van der Waals surface area contributed by atoms with Crippen LogP contribution in [0.5, 0.6) is 6.01 Å². The van der Waals surface area contributed by atoms with E-state index >= 15 is 4.39 Å². The molecule has 0 bridgehead atoms. The molecule has 1 aromatic carbocycles. The van der Waals surface area contributed by atoms with Crippen LogP contribution in [0.2, 0.25) is 5.02 Å². The van der Waals surface area contributed by atoms with E-state index in [4.69, 9.17) is 21.3 Å². The molecule has 234 valence electrons. The van der Waals surface area contributed by atoms with Gasteiger partial charge in [-0.25, -0.2) is 13.2 Å². The van der Waals surface area contributed by atoms with Gasteiger partial charge < -0.3 is 14.5 Å². The fourth-order valence-electron chi connectivity index (χ4n) is 7.67. The molecule has 2 aromatic rings. The van der Waals surface area contributed by atoms with Crippen LogP contribution in [-0.4, -0.2) is 83.8 Å². The number of benzene rings is 1. The molecule has 8 nitrogen and oxygen atoms in total. The summed E-state index contributed by atoms with van der Waals surface area (Å²) in [6.45, 7) is 4.73. The Kier molecular flexibility index (Phi) is 8.75. The van der Waals surface area contributed by atoms with Gasteiger partial charge in [-0.1, -0.05) is 30.3 Å². The van der Waals surface area contributed by atoms with Crippen molar-refractivity contribution in [1.29, 1.82) is 5.26 Å². The molecule has 1 aromatic heterocycles. The van der Waals surface area contributed by atoms with Gasteiger partial charge in [0.05, 0.1) is 24.2 Å². The number of piperazine rings is 1. The van der Waals surface area contributed by atoms with Gasteiger partial charge in [0.1, 0.15) is 19.1 Å². The van der Waals surface area contributed by atoms with Crippen molar-refractivity contribution in [1.82, 2.24) is 19.8 Å². The topological polar surface area (TPSA) is 85.6 Å². The summed E-state index contributed by atoms with van der Waals surface area (Å²) in [5.74, 6) is -1.40. The molecule has 6 rings (SSSR count). The third kappa shape index (κ3) is 5.40. The summed E-state index contributed by atoms with van der Waals surface area (Å²) in [7, 11) is 0. The zero-order valence-corrected chi connectivity index (χ0v) is 25.3. The van der Waals surface area contributed by atoms with E-state index in [-0.39, 0.29) is 43.9 Å². The van der Waals surface area contributed by atoms with Crippen LogP contribution in [0.4, 0.5) is 19.0 Å². The molecule has 4 atom stereocenters. The first kappa shape index (κ1) is 30.7. The monoisotopic (exact) mass is 628 g/mol. The Hall–Kier alpha value is -3.36. The Morgan fingerprint density at radius 3 is 2.73 bits per heavy atom. The van der Waals surface area contributed by atoms with Crippen molar-refractivity contribution in [3.63, 3.8) is 0 Å². The number of amides is 1. The summed E-state index contributed by atoms with van der Waals surface area (Å²) in [4.78, 5) is 27.3. The van der Waals surface area contributed by atoms with Gasteiger partial charge in [-0.05, 0) is 62.3 Å². The second kappa shape index (κ2) is 12.6. The van der Waals surface area contributed by atoms with Crippen LogP contribution >= 0.6 is 11.6 Å². The number of hydrogen-bond acceptors (Lipinski definition) is 7. The quantitative estimate of drug-likeness (QED) is 0.372. The number of carbonyl (C=O) groups is 1. The van der Waals surface area contributed by atoms with Crippen LogP contribution < -0.4 is 9.64 Å². The first-order valence-corrected chi connectivity index (χ1v) is 15.7. The Morgan fingerprint density at radius 2 is 1.98 bits per heavy atom. The fraction of sp³-hybridized carbons (Fsp3) is 0.562. The molecule has 2 saturated heterocycles. The molecule has 4 aliphatic rings. The number of fused-ring (bicyclic) bond motifs is 3. The molecule has 12 heteroatoms. The van der Waals surface area contributed by atoms with Gasteiger partial charge in [-0.15, -0.1) is 0 Å². The second-order valence-electron chi connectivity index (χ2n) is 12.2. The van der Waals surface area contributed by atoms with Crippen molar-refractivity contribution in [3.8, 4) is 12.1 Å². The normalized spacial score (nSPS) is 26.4. The zero-order valence-electron chi connectivity index (χ0n) is 24.6. The zero-order chi connectivity index (χ0) is 31.0. The highest BCUT2D eigenvalue weighted by Gasteiger charge is 2.51.